The van der Waals surface area contributed by atoms with Gasteiger partial charge in [0.2, 0.25) is 0 Å². The average Bonchev–Trinajstić information content (AvgIpc) is 2.97. The normalized spacial score (nSPS) is 27.6. The number of hydrogen-bond acceptors (Lipinski definition) is 2. The van der Waals surface area contributed by atoms with Gasteiger partial charge in [-0.05, 0) is 30.7 Å². The summed E-state index contributed by atoms with van der Waals surface area (Å²) in [5.41, 5.74) is 0.830. The molecule has 0 bridgehead atoms. The molecule has 2 N–H and O–H groups in total. The number of urea groups is 1. The van der Waals surface area contributed by atoms with E-state index in [4.69, 9.17) is 0 Å². The van der Waals surface area contributed by atoms with Crippen LogP contribution in [0.5, 0.6) is 0 Å². The van der Waals surface area contributed by atoms with Crippen molar-refractivity contribution in [2.24, 2.45) is 0 Å². The first-order valence-corrected chi connectivity index (χ1v) is 6.27. The third-order valence-electron chi connectivity index (χ3n) is 3.66. The van der Waals surface area contributed by atoms with Gasteiger partial charge in [-0.25, -0.2) is 9.18 Å². The number of rotatable bonds is 2. The molecule has 3 rings (SSSR count). The van der Waals surface area contributed by atoms with Crippen molar-refractivity contribution in [2.45, 2.75) is 18.5 Å². The Morgan fingerprint density at radius 1 is 1.39 bits per heavy atom. The second kappa shape index (κ2) is 4.57. The molecular formula is C13H16FN3O. The fraction of sp³-hybridized carbons (Fsp3) is 0.462. The highest BCUT2D eigenvalue weighted by molar-refractivity contribution is 5.77. The minimum Gasteiger partial charge on any atom is -0.329 e. The molecule has 96 valence electrons. The molecule has 2 heterocycles. The molecule has 2 atom stereocenters. The maximum atomic E-state index is 13.2. The van der Waals surface area contributed by atoms with Crippen molar-refractivity contribution in [3.8, 4) is 0 Å². The fourth-order valence-corrected chi connectivity index (χ4v) is 2.69. The van der Waals surface area contributed by atoms with Gasteiger partial charge in [-0.3, -0.25) is 0 Å². The van der Waals surface area contributed by atoms with E-state index in [1.165, 1.54) is 12.1 Å². The molecule has 0 spiro atoms. The van der Waals surface area contributed by atoms with Crippen molar-refractivity contribution in [2.75, 3.05) is 19.6 Å². The third-order valence-corrected chi connectivity index (χ3v) is 3.66. The summed E-state index contributed by atoms with van der Waals surface area (Å²) in [5, 5.41) is 6.17. The molecule has 2 amide bonds. The van der Waals surface area contributed by atoms with Gasteiger partial charge in [0.25, 0.3) is 0 Å². The number of nitrogens with zero attached hydrogens (tertiary/aromatic N) is 1. The molecule has 0 saturated carbocycles. The summed E-state index contributed by atoms with van der Waals surface area (Å²) in [4.78, 5) is 13.8. The van der Waals surface area contributed by atoms with E-state index in [9.17, 15) is 9.18 Å². The van der Waals surface area contributed by atoms with E-state index in [0.29, 0.717) is 6.54 Å². The number of benzene rings is 1. The van der Waals surface area contributed by atoms with Crippen LogP contribution in [0, 0.1) is 5.82 Å². The van der Waals surface area contributed by atoms with Crippen LogP contribution in [-0.2, 0) is 0 Å². The Balaban J connectivity index is 1.75. The summed E-state index contributed by atoms with van der Waals surface area (Å²) in [6.07, 6.45) is 0.989. The lowest BCUT2D eigenvalue weighted by molar-refractivity contribution is 0.201. The zero-order valence-corrected chi connectivity index (χ0v) is 10.0. The van der Waals surface area contributed by atoms with E-state index in [2.05, 4.69) is 10.6 Å². The lowest BCUT2D eigenvalue weighted by Crippen LogP contribution is -2.39. The van der Waals surface area contributed by atoms with Gasteiger partial charge in [-0.2, -0.15) is 0 Å². The summed E-state index contributed by atoms with van der Waals surface area (Å²) in [7, 11) is 0. The predicted molar refractivity (Wildman–Crippen MR) is 65.7 cm³/mol. The van der Waals surface area contributed by atoms with Gasteiger partial charge >= 0.3 is 6.03 Å². The van der Waals surface area contributed by atoms with Crippen molar-refractivity contribution in [3.63, 3.8) is 0 Å². The lowest BCUT2D eigenvalue weighted by Gasteiger charge is -2.21. The van der Waals surface area contributed by atoms with Gasteiger partial charge in [0.05, 0.1) is 6.04 Å². The quantitative estimate of drug-likeness (QED) is 0.828. The maximum absolute atomic E-state index is 13.2. The van der Waals surface area contributed by atoms with E-state index in [1.54, 1.807) is 6.07 Å². The van der Waals surface area contributed by atoms with E-state index >= 15 is 0 Å². The minimum absolute atomic E-state index is 0.0436. The lowest BCUT2D eigenvalue weighted by atomic mass is 10.1. The van der Waals surface area contributed by atoms with Crippen molar-refractivity contribution < 1.29 is 9.18 Å². The van der Waals surface area contributed by atoms with E-state index in [0.717, 1.165) is 25.1 Å². The molecule has 0 radical (unpaired) electrons. The third kappa shape index (κ3) is 2.06. The van der Waals surface area contributed by atoms with Crippen LogP contribution >= 0.6 is 0 Å². The van der Waals surface area contributed by atoms with Crippen molar-refractivity contribution in [3.05, 3.63) is 35.6 Å². The summed E-state index contributed by atoms with van der Waals surface area (Å²) < 4.78 is 13.2. The second-order valence-corrected chi connectivity index (χ2v) is 4.86. The molecule has 5 heteroatoms. The summed E-state index contributed by atoms with van der Waals surface area (Å²) in [5.74, 6) is -0.261. The van der Waals surface area contributed by atoms with Crippen molar-refractivity contribution in [1.29, 1.82) is 0 Å². The molecule has 1 aromatic carbocycles. The van der Waals surface area contributed by atoms with Gasteiger partial charge < -0.3 is 15.5 Å². The molecule has 2 unspecified atom stereocenters. The Morgan fingerprint density at radius 3 is 3.00 bits per heavy atom. The average molecular weight is 249 g/mol. The molecular weight excluding hydrogens is 233 g/mol. The Bertz CT molecular complexity index is 459. The van der Waals surface area contributed by atoms with Gasteiger partial charge in [-0.1, -0.05) is 12.1 Å². The SMILES string of the molecule is O=C1NC(c2cccc(F)c2)CN1C1CCNC1. The number of nitrogens with one attached hydrogen (secondary N) is 2. The largest absolute Gasteiger partial charge is 0.329 e. The standard InChI is InChI=1S/C13H16FN3O/c14-10-3-1-2-9(6-10)12-8-17(13(18)16-12)11-4-5-15-7-11/h1-3,6,11-12,15H,4-5,7-8H2,(H,16,18). The van der Waals surface area contributed by atoms with Crippen LogP contribution in [0.3, 0.4) is 0 Å². The van der Waals surface area contributed by atoms with Gasteiger partial charge in [0.15, 0.2) is 0 Å². The number of amides is 2. The maximum Gasteiger partial charge on any atom is 0.318 e. The second-order valence-electron chi connectivity index (χ2n) is 4.86. The molecule has 2 aliphatic rings. The van der Waals surface area contributed by atoms with Crippen LogP contribution in [0.1, 0.15) is 18.0 Å². The van der Waals surface area contributed by atoms with Gasteiger partial charge in [0.1, 0.15) is 5.82 Å². The highest BCUT2D eigenvalue weighted by Gasteiger charge is 2.35. The zero-order chi connectivity index (χ0) is 12.5. The molecule has 1 aromatic rings. The van der Waals surface area contributed by atoms with Crippen molar-refractivity contribution in [1.82, 2.24) is 15.5 Å². The first-order valence-electron chi connectivity index (χ1n) is 6.27. The Kier molecular flexibility index (Phi) is 2.91. The first-order chi connectivity index (χ1) is 8.74. The fourth-order valence-electron chi connectivity index (χ4n) is 2.69. The van der Waals surface area contributed by atoms with Crippen LogP contribution in [0.25, 0.3) is 0 Å². The summed E-state index contributed by atoms with van der Waals surface area (Å²) in [6, 6.07) is 6.55. The van der Waals surface area contributed by atoms with Gasteiger partial charge in [0, 0.05) is 19.1 Å². The highest BCUT2D eigenvalue weighted by Crippen LogP contribution is 2.24. The molecule has 18 heavy (non-hydrogen) atoms. The Labute approximate surface area is 105 Å². The zero-order valence-electron chi connectivity index (χ0n) is 10.0. The smallest absolute Gasteiger partial charge is 0.318 e. The number of halogens is 1. The Hall–Kier alpha value is -1.62. The van der Waals surface area contributed by atoms with Crippen LogP contribution in [0.4, 0.5) is 9.18 Å². The van der Waals surface area contributed by atoms with Gasteiger partial charge in [-0.15, -0.1) is 0 Å². The van der Waals surface area contributed by atoms with Crippen molar-refractivity contribution >= 4 is 6.03 Å². The highest BCUT2D eigenvalue weighted by atomic mass is 19.1. The number of carbonyl (C=O) groups excluding carboxylic acids is 1. The monoisotopic (exact) mass is 249 g/mol. The molecule has 2 fully saturated rings. The molecule has 2 saturated heterocycles. The first kappa shape index (κ1) is 11.5. The minimum atomic E-state index is -0.261. The van der Waals surface area contributed by atoms with Crippen LogP contribution < -0.4 is 10.6 Å². The molecule has 0 aromatic heterocycles. The van der Waals surface area contributed by atoms with E-state index < -0.39 is 0 Å². The molecule has 4 nitrogen and oxygen atoms in total. The number of carbonyl (C=O) groups is 1. The predicted octanol–water partition coefficient (Wildman–Crippen LogP) is 1.25. The molecule has 0 aliphatic carbocycles. The number of hydrogen-bond donors (Lipinski definition) is 2. The Morgan fingerprint density at radius 2 is 2.28 bits per heavy atom. The summed E-state index contributed by atoms with van der Waals surface area (Å²) in [6.45, 7) is 2.43. The topological polar surface area (TPSA) is 44.4 Å². The van der Waals surface area contributed by atoms with Crippen LogP contribution in [0.15, 0.2) is 24.3 Å². The summed E-state index contributed by atoms with van der Waals surface area (Å²) >= 11 is 0. The molecule has 2 aliphatic heterocycles. The van der Waals surface area contributed by atoms with E-state index in [-0.39, 0.29) is 23.9 Å². The van der Waals surface area contributed by atoms with E-state index in [1.807, 2.05) is 11.0 Å². The van der Waals surface area contributed by atoms with Crippen LogP contribution in [0.2, 0.25) is 0 Å². The van der Waals surface area contributed by atoms with Crippen LogP contribution in [-0.4, -0.2) is 36.6 Å².